The first kappa shape index (κ1) is 22.5. The van der Waals surface area contributed by atoms with Gasteiger partial charge < -0.3 is 5.32 Å². The molecule has 2 aromatic rings. The fraction of sp³-hybridized carbons (Fsp3) is 0.368. The molecule has 162 valence electrons. The number of pyridine rings is 1. The van der Waals surface area contributed by atoms with E-state index in [-0.39, 0.29) is 24.6 Å². The molecule has 1 N–H and O–H groups in total. The summed E-state index contributed by atoms with van der Waals surface area (Å²) in [6.07, 6.45) is -2.21. The Bertz CT molecular complexity index is 1010. The third kappa shape index (κ3) is 5.71. The fourth-order valence-corrected chi connectivity index (χ4v) is 4.94. The number of carbonyl (C=O) groups is 1. The Hall–Kier alpha value is -2.17. The summed E-state index contributed by atoms with van der Waals surface area (Å²) in [5.74, 6) is -1.23. The summed E-state index contributed by atoms with van der Waals surface area (Å²) in [4.78, 5) is 16.5. The molecule has 1 aromatic carbocycles. The highest BCUT2D eigenvalue weighted by Crippen LogP contribution is 2.30. The number of alkyl halides is 3. The van der Waals surface area contributed by atoms with Crippen LogP contribution in [0.1, 0.15) is 24.0 Å². The van der Waals surface area contributed by atoms with Gasteiger partial charge in [-0.15, -0.1) is 0 Å². The van der Waals surface area contributed by atoms with Crippen LogP contribution in [-0.2, 0) is 26.7 Å². The molecule has 0 saturated carbocycles. The second-order valence-electron chi connectivity index (χ2n) is 7.00. The van der Waals surface area contributed by atoms with E-state index in [9.17, 15) is 26.4 Å². The summed E-state index contributed by atoms with van der Waals surface area (Å²) in [5, 5.41) is 3.04. The molecular weight excluding hydrogens is 443 g/mol. The zero-order chi connectivity index (χ0) is 21.9. The standard InChI is InChI=1S/C19H19ClF3N3O3S/c20-16-6-7-17(24-10-16)25-18(27)14-4-2-8-26(11-14)30(28,29)12-13-3-1-5-15(9-13)19(21,22)23/h1,3,5-7,9-10,14H,2,4,8,11-12H2,(H,24,25,27). The summed E-state index contributed by atoms with van der Waals surface area (Å²) in [6.45, 7) is 0.172. The molecule has 3 rings (SSSR count). The Morgan fingerprint density at radius 2 is 2.03 bits per heavy atom. The number of anilines is 1. The predicted octanol–water partition coefficient (Wildman–Crippen LogP) is 3.93. The van der Waals surface area contributed by atoms with Crippen molar-refractivity contribution in [3.8, 4) is 0 Å². The van der Waals surface area contributed by atoms with Crippen LogP contribution in [0.3, 0.4) is 0 Å². The molecular formula is C19H19ClF3N3O3S. The zero-order valence-corrected chi connectivity index (χ0v) is 17.3. The van der Waals surface area contributed by atoms with Crippen molar-refractivity contribution in [2.75, 3.05) is 18.4 Å². The first-order chi connectivity index (χ1) is 14.0. The molecule has 0 spiro atoms. The third-order valence-electron chi connectivity index (χ3n) is 4.73. The Labute approximate surface area is 177 Å². The van der Waals surface area contributed by atoms with Gasteiger partial charge in [-0.25, -0.2) is 17.7 Å². The van der Waals surface area contributed by atoms with E-state index in [1.165, 1.54) is 24.4 Å². The molecule has 1 atom stereocenters. The Kier molecular flexibility index (Phi) is 6.68. The largest absolute Gasteiger partial charge is 0.416 e. The number of hydrogen-bond acceptors (Lipinski definition) is 4. The number of aromatic nitrogens is 1. The summed E-state index contributed by atoms with van der Waals surface area (Å²) in [7, 11) is -3.89. The maximum Gasteiger partial charge on any atom is 0.416 e. The lowest BCUT2D eigenvalue weighted by molar-refractivity contribution is -0.137. The normalized spacial score (nSPS) is 18.2. The van der Waals surface area contributed by atoms with Crippen LogP contribution in [0.5, 0.6) is 0 Å². The highest BCUT2D eigenvalue weighted by molar-refractivity contribution is 7.88. The van der Waals surface area contributed by atoms with Crippen molar-refractivity contribution in [2.45, 2.75) is 24.8 Å². The molecule has 11 heteroatoms. The Balaban J connectivity index is 1.68. The monoisotopic (exact) mass is 461 g/mol. The van der Waals surface area contributed by atoms with Gasteiger partial charge in [-0.1, -0.05) is 29.8 Å². The van der Waals surface area contributed by atoms with Gasteiger partial charge in [-0.2, -0.15) is 13.2 Å². The molecule has 0 aliphatic carbocycles. The summed E-state index contributed by atoms with van der Waals surface area (Å²) >= 11 is 5.76. The minimum atomic E-state index is -4.55. The SMILES string of the molecule is O=C(Nc1ccc(Cl)cn1)C1CCCN(S(=O)(=O)Cc2cccc(C(F)(F)F)c2)C1. The summed E-state index contributed by atoms with van der Waals surface area (Å²) in [5.41, 5.74) is -0.858. The van der Waals surface area contributed by atoms with Crippen LogP contribution in [0.25, 0.3) is 0 Å². The molecule has 0 bridgehead atoms. The number of sulfonamides is 1. The van der Waals surface area contributed by atoms with Gasteiger partial charge in [0.1, 0.15) is 5.82 Å². The van der Waals surface area contributed by atoms with Gasteiger partial charge in [0.25, 0.3) is 0 Å². The van der Waals surface area contributed by atoms with Crippen LogP contribution in [0.2, 0.25) is 5.02 Å². The summed E-state index contributed by atoms with van der Waals surface area (Å²) in [6, 6.07) is 7.34. The molecule has 6 nitrogen and oxygen atoms in total. The molecule has 1 aromatic heterocycles. The van der Waals surface area contributed by atoms with E-state index >= 15 is 0 Å². The van der Waals surface area contributed by atoms with E-state index in [2.05, 4.69) is 10.3 Å². The number of rotatable bonds is 5. The van der Waals surface area contributed by atoms with E-state index in [1.807, 2.05) is 0 Å². The first-order valence-corrected chi connectivity index (χ1v) is 11.1. The maximum absolute atomic E-state index is 12.9. The fourth-order valence-electron chi connectivity index (χ4n) is 3.23. The van der Waals surface area contributed by atoms with E-state index in [0.29, 0.717) is 23.7 Å². The van der Waals surface area contributed by atoms with Gasteiger partial charge in [-0.05, 0) is 36.6 Å². The summed E-state index contributed by atoms with van der Waals surface area (Å²) < 4.78 is 65.3. The van der Waals surface area contributed by atoms with Crippen LogP contribution < -0.4 is 5.32 Å². The minimum Gasteiger partial charge on any atom is -0.310 e. The average Bonchev–Trinajstić information content (AvgIpc) is 2.69. The molecule has 30 heavy (non-hydrogen) atoms. The van der Waals surface area contributed by atoms with Gasteiger partial charge in [0.15, 0.2) is 0 Å². The van der Waals surface area contributed by atoms with E-state index in [4.69, 9.17) is 11.6 Å². The number of carbonyl (C=O) groups excluding carboxylic acids is 1. The van der Waals surface area contributed by atoms with Crippen LogP contribution >= 0.6 is 11.6 Å². The van der Waals surface area contributed by atoms with Gasteiger partial charge >= 0.3 is 6.18 Å². The molecule has 2 heterocycles. The van der Waals surface area contributed by atoms with Crippen molar-refractivity contribution in [3.63, 3.8) is 0 Å². The number of piperidine rings is 1. The molecule has 1 saturated heterocycles. The lowest BCUT2D eigenvalue weighted by atomic mass is 9.99. The second-order valence-corrected chi connectivity index (χ2v) is 9.41. The van der Waals surface area contributed by atoms with Crippen molar-refractivity contribution >= 4 is 33.3 Å². The van der Waals surface area contributed by atoms with Crippen LogP contribution in [0, 0.1) is 5.92 Å². The molecule has 1 amide bonds. The van der Waals surface area contributed by atoms with Crippen LogP contribution in [0.15, 0.2) is 42.6 Å². The van der Waals surface area contributed by atoms with Crippen molar-refractivity contribution in [1.29, 1.82) is 0 Å². The van der Waals surface area contributed by atoms with Crippen molar-refractivity contribution in [3.05, 3.63) is 58.7 Å². The maximum atomic E-state index is 12.9. The highest BCUT2D eigenvalue weighted by atomic mass is 35.5. The molecule has 1 aliphatic heterocycles. The van der Waals surface area contributed by atoms with E-state index < -0.39 is 33.4 Å². The molecule has 1 fully saturated rings. The third-order valence-corrected chi connectivity index (χ3v) is 6.77. The highest BCUT2D eigenvalue weighted by Gasteiger charge is 2.34. The average molecular weight is 462 g/mol. The topological polar surface area (TPSA) is 79.4 Å². The van der Waals surface area contributed by atoms with Crippen molar-refractivity contribution in [1.82, 2.24) is 9.29 Å². The van der Waals surface area contributed by atoms with E-state index in [1.54, 1.807) is 6.07 Å². The Morgan fingerprint density at radius 3 is 2.70 bits per heavy atom. The number of benzene rings is 1. The number of nitrogens with one attached hydrogen (secondary N) is 1. The van der Waals surface area contributed by atoms with E-state index in [0.717, 1.165) is 16.4 Å². The number of hydrogen-bond donors (Lipinski definition) is 1. The van der Waals surface area contributed by atoms with Gasteiger partial charge in [0.2, 0.25) is 15.9 Å². The quantitative estimate of drug-likeness (QED) is 0.731. The molecule has 0 radical (unpaired) electrons. The van der Waals surface area contributed by atoms with Crippen LogP contribution in [-0.4, -0.2) is 36.7 Å². The number of halogens is 4. The van der Waals surface area contributed by atoms with Gasteiger partial charge in [0, 0.05) is 19.3 Å². The van der Waals surface area contributed by atoms with Crippen molar-refractivity contribution < 1.29 is 26.4 Å². The van der Waals surface area contributed by atoms with Gasteiger partial charge in [0.05, 0.1) is 22.3 Å². The minimum absolute atomic E-state index is 0.0410. The zero-order valence-electron chi connectivity index (χ0n) is 15.7. The lowest BCUT2D eigenvalue weighted by Gasteiger charge is -2.31. The predicted molar refractivity (Wildman–Crippen MR) is 106 cm³/mol. The van der Waals surface area contributed by atoms with Crippen LogP contribution in [0.4, 0.5) is 19.0 Å². The molecule has 1 aliphatic rings. The smallest absolute Gasteiger partial charge is 0.310 e. The van der Waals surface area contributed by atoms with Crippen molar-refractivity contribution in [2.24, 2.45) is 5.92 Å². The first-order valence-electron chi connectivity index (χ1n) is 9.11. The Morgan fingerprint density at radius 1 is 1.27 bits per heavy atom. The molecule has 1 unspecified atom stereocenters. The lowest BCUT2D eigenvalue weighted by Crippen LogP contribution is -2.44. The van der Waals surface area contributed by atoms with Gasteiger partial charge in [-0.3, -0.25) is 4.79 Å². The number of amides is 1. The second kappa shape index (κ2) is 8.91. The number of nitrogens with zero attached hydrogens (tertiary/aromatic N) is 2.